The fraction of sp³-hybridized carbons (Fsp3) is 0.0526. The van der Waals surface area contributed by atoms with Gasteiger partial charge in [-0.15, -0.1) is 0 Å². The van der Waals surface area contributed by atoms with E-state index < -0.39 is 4.92 Å². The molecule has 29 heavy (non-hydrogen) atoms. The van der Waals surface area contributed by atoms with E-state index in [0.29, 0.717) is 28.0 Å². The average molecular weight is 496 g/mol. The van der Waals surface area contributed by atoms with Crippen LogP contribution in [0.2, 0.25) is 10.0 Å². The molecule has 3 rings (SSSR count). The molecule has 0 unspecified atom stereocenters. The van der Waals surface area contributed by atoms with Crippen LogP contribution < -0.4 is 10.2 Å². The average Bonchev–Trinajstić information content (AvgIpc) is 2.69. The number of aromatic nitrogens is 1. The van der Waals surface area contributed by atoms with Crippen molar-refractivity contribution in [3.63, 3.8) is 0 Å². The number of benzene rings is 2. The Hall–Kier alpha value is -2.68. The number of hydrazone groups is 1. The zero-order valence-electron chi connectivity index (χ0n) is 14.7. The highest BCUT2D eigenvalue weighted by atomic mass is 79.9. The van der Waals surface area contributed by atoms with Gasteiger partial charge < -0.3 is 4.74 Å². The third kappa shape index (κ3) is 5.66. The van der Waals surface area contributed by atoms with E-state index in [9.17, 15) is 10.1 Å². The maximum Gasteiger partial charge on any atom is 0.313 e. The SMILES string of the molecule is O=[N+]([O-])c1cccnc1N/N=C\c1cc(Cl)c(OCc2ccc(Br)cc2)c(Cl)c1. The minimum Gasteiger partial charge on any atom is -0.486 e. The second-order valence-electron chi connectivity index (χ2n) is 5.73. The topological polar surface area (TPSA) is 89.7 Å². The molecule has 148 valence electrons. The van der Waals surface area contributed by atoms with Gasteiger partial charge in [-0.3, -0.25) is 15.5 Å². The van der Waals surface area contributed by atoms with E-state index >= 15 is 0 Å². The van der Waals surface area contributed by atoms with Gasteiger partial charge in [-0.1, -0.05) is 51.3 Å². The molecule has 10 heteroatoms. The van der Waals surface area contributed by atoms with E-state index in [4.69, 9.17) is 27.9 Å². The third-order valence-corrected chi connectivity index (χ3v) is 4.77. The first kappa shape index (κ1) is 21.0. The fourth-order valence-corrected chi connectivity index (χ4v) is 3.20. The van der Waals surface area contributed by atoms with Gasteiger partial charge in [0.25, 0.3) is 0 Å². The number of ether oxygens (including phenoxy) is 1. The highest BCUT2D eigenvalue weighted by molar-refractivity contribution is 9.10. The number of halogens is 3. The summed E-state index contributed by atoms with van der Waals surface area (Å²) in [5.41, 5.74) is 3.91. The van der Waals surface area contributed by atoms with E-state index in [1.165, 1.54) is 24.5 Å². The molecule has 0 aliphatic carbocycles. The van der Waals surface area contributed by atoms with Crippen LogP contribution in [0.4, 0.5) is 11.5 Å². The van der Waals surface area contributed by atoms with E-state index in [1.807, 2.05) is 24.3 Å². The van der Waals surface area contributed by atoms with Crippen molar-refractivity contribution < 1.29 is 9.66 Å². The molecule has 0 spiro atoms. The highest BCUT2D eigenvalue weighted by Crippen LogP contribution is 2.34. The lowest BCUT2D eigenvalue weighted by molar-refractivity contribution is -0.384. The number of rotatable bonds is 7. The van der Waals surface area contributed by atoms with E-state index in [-0.39, 0.29) is 11.5 Å². The maximum absolute atomic E-state index is 11.0. The zero-order valence-corrected chi connectivity index (χ0v) is 17.8. The van der Waals surface area contributed by atoms with Gasteiger partial charge in [0.15, 0.2) is 5.75 Å². The Kier molecular flexibility index (Phi) is 7.03. The van der Waals surface area contributed by atoms with Crippen LogP contribution in [0.5, 0.6) is 5.75 Å². The van der Waals surface area contributed by atoms with Gasteiger partial charge in [0.1, 0.15) is 6.61 Å². The third-order valence-electron chi connectivity index (χ3n) is 3.68. The minimum atomic E-state index is -0.545. The molecule has 7 nitrogen and oxygen atoms in total. The van der Waals surface area contributed by atoms with Crippen LogP contribution in [0.3, 0.4) is 0 Å². The Labute approximate surface area is 184 Å². The van der Waals surface area contributed by atoms with Crippen molar-refractivity contribution in [3.05, 3.63) is 90.5 Å². The monoisotopic (exact) mass is 494 g/mol. The quantitative estimate of drug-likeness (QED) is 0.243. The van der Waals surface area contributed by atoms with Crippen LogP contribution in [-0.4, -0.2) is 16.1 Å². The van der Waals surface area contributed by atoms with Crippen molar-refractivity contribution in [2.45, 2.75) is 6.61 Å². The molecule has 0 radical (unpaired) electrons. The summed E-state index contributed by atoms with van der Waals surface area (Å²) < 4.78 is 6.72. The predicted octanol–water partition coefficient (Wildman–Crippen LogP) is 6.08. The van der Waals surface area contributed by atoms with Gasteiger partial charge in [0.2, 0.25) is 5.82 Å². The zero-order chi connectivity index (χ0) is 20.8. The summed E-state index contributed by atoms with van der Waals surface area (Å²) in [5, 5.41) is 15.6. The van der Waals surface area contributed by atoms with Gasteiger partial charge in [0, 0.05) is 16.7 Å². The van der Waals surface area contributed by atoms with Crippen LogP contribution in [0.25, 0.3) is 0 Å². The summed E-state index contributed by atoms with van der Waals surface area (Å²) >= 11 is 16.0. The number of nitrogens with zero attached hydrogens (tertiary/aromatic N) is 3. The van der Waals surface area contributed by atoms with Crippen molar-refractivity contribution in [1.29, 1.82) is 0 Å². The van der Waals surface area contributed by atoms with Crippen LogP contribution >= 0.6 is 39.1 Å². The lowest BCUT2D eigenvalue weighted by Gasteiger charge is -2.11. The molecule has 3 aromatic rings. The predicted molar refractivity (Wildman–Crippen MR) is 117 cm³/mol. The number of hydrogen-bond acceptors (Lipinski definition) is 6. The van der Waals surface area contributed by atoms with E-state index in [0.717, 1.165) is 10.0 Å². The van der Waals surface area contributed by atoms with Crippen molar-refractivity contribution >= 4 is 56.9 Å². The lowest BCUT2D eigenvalue weighted by Crippen LogP contribution is -1.99. The molecule has 1 N–H and O–H groups in total. The molecule has 0 bridgehead atoms. The standard InChI is InChI=1S/C19H13BrCl2N4O3/c20-14-5-3-12(4-6-14)11-29-18-15(21)8-13(9-16(18)22)10-24-25-19-17(26(27)28)2-1-7-23-19/h1-10H,11H2,(H,23,25)/b24-10-. The Morgan fingerprint density at radius 3 is 2.55 bits per heavy atom. The van der Waals surface area contributed by atoms with Gasteiger partial charge in [-0.25, -0.2) is 4.98 Å². The Balaban J connectivity index is 1.69. The summed E-state index contributed by atoms with van der Waals surface area (Å²) in [6.07, 6.45) is 2.85. The van der Waals surface area contributed by atoms with Crippen LogP contribution in [0.1, 0.15) is 11.1 Å². The van der Waals surface area contributed by atoms with Crippen LogP contribution in [0, 0.1) is 10.1 Å². The summed E-state index contributed by atoms with van der Waals surface area (Å²) in [7, 11) is 0. The highest BCUT2D eigenvalue weighted by Gasteiger charge is 2.13. The van der Waals surface area contributed by atoms with Crippen LogP contribution in [0.15, 0.2) is 64.3 Å². The molecule has 0 atom stereocenters. The Morgan fingerprint density at radius 2 is 1.90 bits per heavy atom. The summed E-state index contributed by atoms with van der Waals surface area (Å²) in [5.74, 6) is 0.391. The first-order chi connectivity index (χ1) is 13.9. The molecule has 0 aliphatic rings. The first-order valence-corrected chi connectivity index (χ1v) is 9.73. The second-order valence-corrected chi connectivity index (χ2v) is 7.46. The number of nitrogens with one attached hydrogen (secondary N) is 1. The molecule has 1 aromatic heterocycles. The fourth-order valence-electron chi connectivity index (χ4n) is 2.33. The first-order valence-electron chi connectivity index (χ1n) is 8.19. The molecule has 2 aromatic carbocycles. The maximum atomic E-state index is 11.0. The minimum absolute atomic E-state index is 0.0281. The van der Waals surface area contributed by atoms with Gasteiger partial charge in [-0.05, 0) is 41.5 Å². The summed E-state index contributed by atoms with van der Waals surface area (Å²) in [6, 6.07) is 13.7. The summed E-state index contributed by atoms with van der Waals surface area (Å²) in [6.45, 7) is 0.311. The molecule has 0 fully saturated rings. The molecule has 0 aliphatic heterocycles. The number of hydrogen-bond donors (Lipinski definition) is 1. The summed E-state index contributed by atoms with van der Waals surface area (Å²) in [4.78, 5) is 14.3. The van der Waals surface area contributed by atoms with Gasteiger partial charge in [0.05, 0.1) is 21.2 Å². The molecule has 0 saturated carbocycles. The van der Waals surface area contributed by atoms with Crippen molar-refractivity contribution in [2.24, 2.45) is 5.10 Å². The molecule has 1 heterocycles. The van der Waals surface area contributed by atoms with Crippen molar-refractivity contribution in [3.8, 4) is 5.75 Å². The largest absolute Gasteiger partial charge is 0.486 e. The van der Waals surface area contributed by atoms with Crippen molar-refractivity contribution in [2.75, 3.05) is 5.43 Å². The molecular weight excluding hydrogens is 483 g/mol. The van der Waals surface area contributed by atoms with Gasteiger partial charge in [-0.2, -0.15) is 5.10 Å². The number of anilines is 1. The molecule has 0 amide bonds. The second kappa shape index (κ2) is 9.69. The lowest BCUT2D eigenvalue weighted by atomic mass is 10.2. The molecular formula is C19H13BrCl2N4O3. The van der Waals surface area contributed by atoms with Crippen molar-refractivity contribution in [1.82, 2.24) is 4.98 Å². The Morgan fingerprint density at radius 1 is 1.21 bits per heavy atom. The number of nitro groups is 1. The van der Waals surface area contributed by atoms with E-state index in [1.54, 1.807) is 12.1 Å². The van der Waals surface area contributed by atoms with Crippen LogP contribution in [-0.2, 0) is 6.61 Å². The Bertz CT molecular complexity index is 1040. The number of pyridine rings is 1. The normalized spacial score (nSPS) is 10.9. The molecule has 0 saturated heterocycles. The van der Waals surface area contributed by atoms with E-state index in [2.05, 4.69) is 31.4 Å². The smallest absolute Gasteiger partial charge is 0.313 e. The van der Waals surface area contributed by atoms with Gasteiger partial charge >= 0.3 is 5.69 Å².